The second kappa shape index (κ2) is 6.55. The minimum atomic E-state index is -1.22. The van der Waals surface area contributed by atoms with Crippen LogP contribution in [0.4, 0.5) is 0 Å². The van der Waals surface area contributed by atoms with Gasteiger partial charge in [-0.05, 0) is 24.3 Å². The van der Waals surface area contributed by atoms with Gasteiger partial charge < -0.3 is 14.3 Å². The van der Waals surface area contributed by atoms with Crippen LogP contribution in [0.5, 0.6) is 5.75 Å². The number of para-hydroxylation sites is 1. The molecule has 7 heteroatoms. The highest BCUT2D eigenvalue weighted by atomic mass is 35.5. The van der Waals surface area contributed by atoms with Crippen molar-refractivity contribution < 1.29 is 19.1 Å². The summed E-state index contributed by atoms with van der Waals surface area (Å²) in [5.74, 6) is -1.47. The molecule has 122 valence electrons. The Kier molecular flexibility index (Phi) is 4.46. The van der Waals surface area contributed by atoms with E-state index in [-0.39, 0.29) is 32.5 Å². The zero-order valence-corrected chi connectivity index (χ0v) is 13.6. The molecule has 0 spiro atoms. The first-order valence-corrected chi connectivity index (χ1v) is 7.59. The van der Waals surface area contributed by atoms with Crippen molar-refractivity contribution in [3.05, 3.63) is 62.7 Å². The molecule has 0 unspecified atom stereocenters. The normalized spacial score (nSPS) is 10.8. The SMILES string of the molecule is O=C(O)COc1c(-c2c(Cl)cccc2Cl)oc2ccccc2c1=O. The summed E-state index contributed by atoms with van der Waals surface area (Å²) < 4.78 is 10.9. The van der Waals surface area contributed by atoms with Crippen molar-refractivity contribution in [2.24, 2.45) is 0 Å². The van der Waals surface area contributed by atoms with Crippen molar-refractivity contribution in [3.63, 3.8) is 0 Å². The molecular weight excluding hydrogens is 355 g/mol. The number of aliphatic carboxylic acids is 1. The van der Waals surface area contributed by atoms with Crippen LogP contribution in [0, 0.1) is 0 Å². The lowest BCUT2D eigenvalue weighted by Crippen LogP contribution is -2.16. The van der Waals surface area contributed by atoms with Crippen molar-refractivity contribution >= 4 is 40.1 Å². The van der Waals surface area contributed by atoms with Crippen LogP contribution in [-0.2, 0) is 4.79 Å². The summed E-state index contributed by atoms with van der Waals surface area (Å²) >= 11 is 12.4. The maximum Gasteiger partial charge on any atom is 0.341 e. The quantitative estimate of drug-likeness (QED) is 0.749. The van der Waals surface area contributed by atoms with E-state index in [1.165, 1.54) is 0 Å². The summed E-state index contributed by atoms with van der Waals surface area (Å²) in [5, 5.41) is 9.61. The number of carboxylic acids is 1. The average molecular weight is 365 g/mol. The molecule has 0 saturated heterocycles. The summed E-state index contributed by atoms with van der Waals surface area (Å²) in [4.78, 5) is 23.5. The molecule has 0 aliphatic heterocycles. The van der Waals surface area contributed by atoms with Gasteiger partial charge in [0.05, 0.1) is 21.0 Å². The van der Waals surface area contributed by atoms with E-state index in [2.05, 4.69) is 0 Å². The Labute approximate surface area is 146 Å². The van der Waals surface area contributed by atoms with Crippen molar-refractivity contribution in [3.8, 4) is 17.1 Å². The number of hydrogen-bond acceptors (Lipinski definition) is 4. The van der Waals surface area contributed by atoms with Gasteiger partial charge in [-0.25, -0.2) is 4.79 Å². The molecule has 3 rings (SSSR count). The highest BCUT2D eigenvalue weighted by Gasteiger charge is 2.22. The highest BCUT2D eigenvalue weighted by Crippen LogP contribution is 2.39. The Balaban J connectivity index is 2.34. The molecular formula is C17H10Cl2O5. The molecule has 0 aliphatic rings. The van der Waals surface area contributed by atoms with Crippen LogP contribution >= 0.6 is 23.2 Å². The lowest BCUT2D eigenvalue weighted by Gasteiger charge is -2.12. The molecule has 1 heterocycles. The average Bonchev–Trinajstić information content (AvgIpc) is 2.54. The van der Waals surface area contributed by atoms with E-state index in [9.17, 15) is 9.59 Å². The molecule has 0 aliphatic carbocycles. The fraction of sp³-hybridized carbons (Fsp3) is 0.0588. The third-order valence-corrected chi connectivity index (χ3v) is 3.92. The smallest absolute Gasteiger partial charge is 0.341 e. The predicted molar refractivity (Wildman–Crippen MR) is 91.1 cm³/mol. The number of carboxylic acid groups (broad SMARTS) is 1. The van der Waals surface area contributed by atoms with E-state index >= 15 is 0 Å². The lowest BCUT2D eigenvalue weighted by atomic mass is 10.1. The van der Waals surface area contributed by atoms with Crippen LogP contribution < -0.4 is 10.2 Å². The van der Waals surface area contributed by atoms with Gasteiger partial charge in [0.1, 0.15) is 5.58 Å². The van der Waals surface area contributed by atoms with Gasteiger partial charge in [-0.2, -0.15) is 0 Å². The highest BCUT2D eigenvalue weighted by molar-refractivity contribution is 6.39. The standard InChI is InChI=1S/C17H10Cl2O5/c18-10-5-3-6-11(19)14(10)16-17(23-8-13(20)21)15(22)9-4-1-2-7-12(9)24-16/h1-7H,8H2,(H,20,21). The fourth-order valence-corrected chi connectivity index (χ4v) is 2.84. The Hall–Kier alpha value is -2.50. The van der Waals surface area contributed by atoms with Crippen LogP contribution in [0.2, 0.25) is 10.0 Å². The largest absolute Gasteiger partial charge is 0.479 e. The van der Waals surface area contributed by atoms with Crippen LogP contribution in [0.1, 0.15) is 0 Å². The number of carbonyl (C=O) groups is 1. The first-order chi connectivity index (χ1) is 11.5. The molecule has 1 N–H and O–H groups in total. The first-order valence-electron chi connectivity index (χ1n) is 6.84. The molecule has 0 saturated carbocycles. The molecule has 0 fully saturated rings. The molecule has 2 aromatic carbocycles. The minimum absolute atomic E-state index is 0.00412. The molecule has 0 bridgehead atoms. The maximum absolute atomic E-state index is 12.7. The van der Waals surface area contributed by atoms with Crippen molar-refractivity contribution in [1.82, 2.24) is 0 Å². The number of fused-ring (bicyclic) bond motifs is 1. The summed E-state index contributed by atoms with van der Waals surface area (Å²) in [5.41, 5.74) is 0.0873. The number of rotatable bonds is 4. The van der Waals surface area contributed by atoms with E-state index in [1.807, 2.05) is 0 Å². The van der Waals surface area contributed by atoms with E-state index in [1.54, 1.807) is 42.5 Å². The van der Waals surface area contributed by atoms with E-state index in [4.69, 9.17) is 37.5 Å². The summed E-state index contributed by atoms with van der Waals surface area (Å²) in [7, 11) is 0. The van der Waals surface area contributed by atoms with Gasteiger partial charge >= 0.3 is 5.97 Å². The topological polar surface area (TPSA) is 76.7 Å². The molecule has 0 atom stereocenters. The maximum atomic E-state index is 12.7. The van der Waals surface area contributed by atoms with Crippen molar-refractivity contribution in [2.75, 3.05) is 6.61 Å². The predicted octanol–water partition coefficient (Wildman–Crippen LogP) is 4.23. The third-order valence-electron chi connectivity index (χ3n) is 3.29. The van der Waals surface area contributed by atoms with E-state index in [0.29, 0.717) is 5.58 Å². The monoisotopic (exact) mass is 364 g/mol. The van der Waals surface area contributed by atoms with Gasteiger partial charge in [0.15, 0.2) is 12.4 Å². The van der Waals surface area contributed by atoms with E-state index in [0.717, 1.165) is 0 Å². The molecule has 3 aromatic rings. The van der Waals surface area contributed by atoms with Gasteiger partial charge in [-0.3, -0.25) is 4.79 Å². The number of halogens is 2. The molecule has 1 aromatic heterocycles. The number of hydrogen-bond donors (Lipinski definition) is 1. The lowest BCUT2D eigenvalue weighted by molar-refractivity contribution is -0.139. The van der Waals surface area contributed by atoms with Crippen LogP contribution in [0.3, 0.4) is 0 Å². The van der Waals surface area contributed by atoms with Crippen molar-refractivity contribution in [2.45, 2.75) is 0 Å². The van der Waals surface area contributed by atoms with Crippen LogP contribution in [0.25, 0.3) is 22.3 Å². The molecule has 0 radical (unpaired) electrons. The van der Waals surface area contributed by atoms with Crippen molar-refractivity contribution in [1.29, 1.82) is 0 Å². The zero-order chi connectivity index (χ0) is 17.3. The first kappa shape index (κ1) is 16.4. The van der Waals surface area contributed by atoms with E-state index < -0.39 is 18.0 Å². The Morgan fingerprint density at radius 3 is 2.42 bits per heavy atom. The summed E-state index contributed by atoms with van der Waals surface area (Å²) in [6.07, 6.45) is 0. The minimum Gasteiger partial charge on any atom is -0.479 e. The van der Waals surface area contributed by atoms with Crippen LogP contribution in [0.15, 0.2) is 51.7 Å². The summed E-state index contributed by atoms with van der Waals surface area (Å²) in [6, 6.07) is 11.4. The second-order valence-corrected chi connectivity index (χ2v) is 5.68. The molecule has 24 heavy (non-hydrogen) atoms. The Morgan fingerprint density at radius 2 is 1.75 bits per heavy atom. The van der Waals surface area contributed by atoms with Gasteiger partial charge in [0, 0.05) is 0 Å². The van der Waals surface area contributed by atoms with Crippen LogP contribution in [-0.4, -0.2) is 17.7 Å². The Bertz CT molecular complexity index is 974. The molecule has 0 amide bonds. The van der Waals surface area contributed by atoms with Gasteiger partial charge in [-0.1, -0.05) is 41.4 Å². The number of ether oxygens (including phenoxy) is 1. The summed E-state index contributed by atoms with van der Waals surface area (Å²) in [6.45, 7) is -0.696. The van der Waals surface area contributed by atoms with Gasteiger partial charge in [-0.15, -0.1) is 0 Å². The third kappa shape index (κ3) is 2.96. The fourth-order valence-electron chi connectivity index (χ4n) is 2.27. The van der Waals surface area contributed by atoms with Gasteiger partial charge in [0.2, 0.25) is 11.2 Å². The Morgan fingerprint density at radius 1 is 1.08 bits per heavy atom. The number of benzene rings is 2. The second-order valence-electron chi connectivity index (χ2n) is 4.86. The van der Waals surface area contributed by atoms with Gasteiger partial charge in [0.25, 0.3) is 0 Å². The zero-order valence-electron chi connectivity index (χ0n) is 12.1. The molecule has 5 nitrogen and oxygen atoms in total.